The molecule has 0 aromatic rings. The Kier molecular flexibility index (Phi) is 10.2. The zero-order valence-electron chi connectivity index (χ0n) is 12.5. The van der Waals surface area contributed by atoms with Gasteiger partial charge in [0, 0.05) is 6.42 Å². The van der Waals surface area contributed by atoms with Crippen molar-refractivity contribution in [3.05, 3.63) is 0 Å². The number of aliphatic carboxylic acids is 1. The number of rotatable bonds is 11. The monoisotopic (exact) mass is 272 g/mol. The van der Waals surface area contributed by atoms with Crippen molar-refractivity contribution in [2.24, 2.45) is 5.92 Å². The summed E-state index contributed by atoms with van der Waals surface area (Å²) in [5, 5.41) is 8.76. The molecule has 0 aliphatic rings. The number of esters is 1. The fourth-order valence-electron chi connectivity index (χ4n) is 1.82. The minimum atomic E-state index is -0.797. The van der Waals surface area contributed by atoms with Gasteiger partial charge >= 0.3 is 11.9 Å². The molecule has 0 bridgehead atoms. The molecule has 0 fully saturated rings. The molecule has 0 aromatic heterocycles. The van der Waals surface area contributed by atoms with Crippen LogP contribution in [0.4, 0.5) is 0 Å². The fraction of sp³-hybridized carbons (Fsp3) is 0.867. The number of hydrogen-bond acceptors (Lipinski definition) is 3. The van der Waals surface area contributed by atoms with Gasteiger partial charge in [-0.1, -0.05) is 39.5 Å². The highest BCUT2D eigenvalue weighted by Gasteiger charge is 2.14. The number of carboxylic acid groups (broad SMARTS) is 1. The molecule has 0 aliphatic heterocycles. The topological polar surface area (TPSA) is 63.6 Å². The Morgan fingerprint density at radius 2 is 1.68 bits per heavy atom. The highest BCUT2D eigenvalue weighted by molar-refractivity contribution is 5.70. The summed E-state index contributed by atoms with van der Waals surface area (Å²) >= 11 is 0. The van der Waals surface area contributed by atoms with Crippen LogP contribution in [0.1, 0.15) is 72.1 Å². The standard InChI is InChI=1S/C15H28O4/c1-4-5-6-7-8-9-14(16)19-13(3)11-10-12(2)15(17)18/h12-13H,4-11H2,1-3H3,(H,17,18). The zero-order valence-corrected chi connectivity index (χ0v) is 12.5. The van der Waals surface area contributed by atoms with Crippen LogP contribution in [-0.4, -0.2) is 23.1 Å². The Morgan fingerprint density at radius 3 is 2.26 bits per heavy atom. The summed E-state index contributed by atoms with van der Waals surface area (Å²) in [5.41, 5.74) is 0. The van der Waals surface area contributed by atoms with Gasteiger partial charge in [0.1, 0.15) is 0 Å². The van der Waals surface area contributed by atoms with Gasteiger partial charge in [-0.05, 0) is 26.2 Å². The number of carbonyl (C=O) groups is 2. The maximum absolute atomic E-state index is 11.5. The van der Waals surface area contributed by atoms with E-state index in [0.29, 0.717) is 19.3 Å². The molecule has 0 heterocycles. The molecule has 0 saturated heterocycles. The summed E-state index contributed by atoms with van der Waals surface area (Å²) in [6.45, 7) is 5.65. The summed E-state index contributed by atoms with van der Waals surface area (Å²) in [7, 11) is 0. The minimum absolute atomic E-state index is 0.160. The predicted octanol–water partition coefficient (Wildman–Crippen LogP) is 3.78. The van der Waals surface area contributed by atoms with E-state index in [1.165, 1.54) is 19.3 Å². The van der Waals surface area contributed by atoms with Crippen LogP contribution < -0.4 is 0 Å². The van der Waals surface area contributed by atoms with E-state index < -0.39 is 5.97 Å². The Hall–Kier alpha value is -1.06. The van der Waals surface area contributed by atoms with Crippen molar-refractivity contribution in [2.75, 3.05) is 0 Å². The van der Waals surface area contributed by atoms with Crippen molar-refractivity contribution in [3.8, 4) is 0 Å². The molecule has 1 N–H and O–H groups in total. The van der Waals surface area contributed by atoms with Crippen molar-refractivity contribution in [3.63, 3.8) is 0 Å². The highest BCUT2D eigenvalue weighted by Crippen LogP contribution is 2.12. The van der Waals surface area contributed by atoms with Gasteiger partial charge in [0.2, 0.25) is 0 Å². The van der Waals surface area contributed by atoms with Gasteiger partial charge in [-0.2, -0.15) is 0 Å². The lowest BCUT2D eigenvalue weighted by Gasteiger charge is -2.14. The molecule has 19 heavy (non-hydrogen) atoms. The molecular formula is C15H28O4. The molecule has 0 aliphatic carbocycles. The Morgan fingerprint density at radius 1 is 1.05 bits per heavy atom. The molecule has 4 heteroatoms. The van der Waals surface area contributed by atoms with E-state index >= 15 is 0 Å². The predicted molar refractivity (Wildman–Crippen MR) is 75.0 cm³/mol. The van der Waals surface area contributed by atoms with E-state index in [1.54, 1.807) is 6.92 Å². The second kappa shape index (κ2) is 10.8. The Balaban J connectivity index is 3.60. The molecule has 2 unspecified atom stereocenters. The van der Waals surface area contributed by atoms with Gasteiger partial charge in [0.25, 0.3) is 0 Å². The second-order valence-electron chi connectivity index (χ2n) is 5.28. The third kappa shape index (κ3) is 10.5. The molecule has 4 nitrogen and oxygen atoms in total. The summed E-state index contributed by atoms with van der Waals surface area (Å²) in [6.07, 6.45) is 6.99. The SMILES string of the molecule is CCCCCCCC(=O)OC(C)CCC(C)C(=O)O. The van der Waals surface area contributed by atoms with Crippen LogP contribution in [0.15, 0.2) is 0 Å². The Bertz CT molecular complexity index is 263. The lowest BCUT2D eigenvalue weighted by molar-refractivity contribution is -0.148. The van der Waals surface area contributed by atoms with Crippen LogP contribution in [-0.2, 0) is 14.3 Å². The van der Waals surface area contributed by atoms with Crippen molar-refractivity contribution in [1.82, 2.24) is 0 Å². The number of hydrogen-bond donors (Lipinski definition) is 1. The van der Waals surface area contributed by atoms with Crippen LogP contribution in [0, 0.1) is 5.92 Å². The molecule has 0 amide bonds. The van der Waals surface area contributed by atoms with Gasteiger partial charge in [-0.3, -0.25) is 9.59 Å². The molecular weight excluding hydrogens is 244 g/mol. The summed E-state index contributed by atoms with van der Waals surface area (Å²) < 4.78 is 5.26. The number of ether oxygens (including phenoxy) is 1. The van der Waals surface area contributed by atoms with Gasteiger partial charge in [0.05, 0.1) is 12.0 Å². The molecule has 2 atom stereocenters. The van der Waals surface area contributed by atoms with Crippen LogP contribution in [0.2, 0.25) is 0 Å². The van der Waals surface area contributed by atoms with E-state index in [2.05, 4.69) is 6.92 Å². The Labute approximate surface area is 116 Å². The number of carbonyl (C=O) groups excluding carboxylic acids is 1. The van der Waals surface area contributed by atoms with E-state index in [4.69, 9.17) is 9.84 Å². The van der Waals surface area contributed by atoms with Crippen molar-refractivity contribution in [2.45, 2.75) is 78.2 Å². The molecule has 0 spiro atoms. The highest BCUT2D eigenvalue weighted by atomic mass is 16.5. The van der Waals surface area contributed by atoms with Crippen molar-refractivity contribution < 1.29 is 19.4 Å². The normalized spacial score (nSPS) is 13.8. The summed E-state index contributed by atoms with van der Waals surface area (Å²) in [5.74, 6) is -1.34. The number of unbranched alkanes of at least 4 members (excludes halogenated alkanes) is 4. The largest absolute Gasteiger partial charge is 0.481 e. The van der Waals surface area contributed by atoms with Crippen molar-refractivity contribution >= 4 is 11.9 Å². The quantitative estimate of drug-likeness (QED) is 0.459. The summed E-state index contributed by atoms with van der Waals surface area (Å²) in [6, 6.07) is 0. The van der Waals surface area contributed by atoms with Crippen LogP contribution in [0.3, 0.4) is 0 Å². The van der Waals surface area contributed by atoms with E-state index in [9.17, 15) is 9.59 Å². The van der Waals surface area contributed by atoms with Crippen molar-refractivity contribution in [1.29, 1.82) is 0 Å². The lowest BCUT2D eigenvalue weighted by Crippen LogP contribution is -2.17. The summed E-state index contributed by atoms with van der Waals surface area (Å²) in [4.78, 5) is 22.2. The van der Waals surface area contributed by atoms with Gasteiger partial charge in [-0.25, -0.2) is 0 Å². The number of carboxylic acids is 1. The first-order valence-corrected chi connectivity index (χ1v) is 7.39. The average molecular weight is 272 g/mol. The van der Waals surface area contributed by atoms with Gasteiger partial charge in [0.15, 0.2) is 0 Å². The first-order valence-electron chi connectivity index (χ1n) is 7.39. The zero-order chi connectivity index (χ0) is 14.7. The van der Waals surface area contributed by atoms with E-state index in [0.717, 1.165) is 12.8 Å². The molecule has 0 saturated carbocycles. The van der Waals surface area contributed by atoms with Crippen LogP contribution in [0.25, 0.3) is 0 Å². The third-order valence-corrected chi connectivity index (χ3v) is 3.24. The van der Waals surface area contributed by atoms with Gasteiger partial charge in [-0.15, -0.1) is 0 Å². The van der Waals surface area contributed by atoms with Crippen LogP contribution in [0.5, 0.6) is 0 Å². The van der Waals surface area contributed by atoms with E-state index in [-0.39, 0.29) is 18.0 Å². The molecule has 0 rings (SSSR count). The second-order valence-corrected chi connectivity index (χ2v) is 5.28. The third-order valence-electron chi connectivity index (χ3n) is 3.24. The first-order chi connectivity index (χ1) is 8.97. The average Bonchev–Trinajstić information content (AvgIpc) is 2.35. The maximum Gasteiger partial charge on any atom is 0.306 e. The maximum atomic E-state index is 11.5. The van der Waals surface area contributed by atoms with Crippen LogP contribution >= 0.6 is 0 Å². The molecule has 0 aromatic carbocycles. The van der Waals surface area contributed by atoms with Gasteiger partial charge < -0.3 is 9.84 Å². The lowest BCUT2D eigenvalue weighted by atomic mass is 10.0. The molecule has 0 radical (unpaired) electrons. The fourth-order valence-corrected chi connectivity index (χ4v) is 1.82. The minimum Gasteiger partial charge on any atom is -0.481 e. The first kappa shape index (κ1) is 17.9. The smallest absolute Gasteiger partial charge is 0.306 e. The van der Waals surface area contributed by atoms with E-state index in [1.807, 2.05) is 6.92 Å². The molecule has 112 valence electrons.